The normalized spacial score (nSPS) is 24.3. The highest BCUT2D eigenvalue weighted by Gasteiger charge is 2.52. The van der Waals surface area contributed by atoms with Crippen LogP contribution in [0.1, 0.15) is 56.2 Å². The van der Waals surface area contributed by atoms with Crippen LogP contribution in [0.4, 0.5) is 4.79 Å². The second kappa shape index (κ2) is 13.1. The highest BCUT2D eigenvalue weighted by molar-refractivity contribution is 6.38. The Morgan fingerprint density at radius 2 is 1.89 bits per heavy atom. The van der Waals surface area contributed by atoms with Crippen LogP contribution in [0.5, 0.6) is 0 Å². The summed E-state index contributed by atoms with van der Waals surface area (Å²) in [6.45, 7) is 1.60. The van der Waals surface area contributed by atoms with Gasteiger partial charge < -0.3 is 20.3 Å². The first-order chi connectivity index (χ1) is 22.2. The van der Waals surface area contributed by atoms with Crippen molar-refractivity contribution in [2.45, 2.75) is 68.8 Å². The van der Waals surface area contributed by atoms with E-state index in [9.17, 15) is 24.0 Å². The van der Waals surface area contributed by atoms with Gasteiger partial charge in [-0.2, -0.15) is 0 Å². The van der Waals surface area contributed by atoms with E-state index >= 15 is 0 Å². The molecule has 0 unspecified atom stereocenters. The van der Waals surface area contributed by atoms with Crippen molar-refractivity contribution in [3.05, 3.63) is 76.8 Å². The van der Waals surface area contributed by atoms with Crippen LogP contribution in [0.3, 0.4) is 0 Å². The van der Waals surface area contributed by atoms with E-state index in [2.05, 4.69) is 16.1 Å². The maximum absolute atomic E-state index is 14.0. The summed E-state index contributed by atoms with van der Waals surface area (Å²) in [6.07, 6.45) is 3.69. The van der Waals surface area contributed by atoms with Gasteiger partial charge in [-0.3, -0.25) is 34.4 Å². The number of carbonyl (C=O) groups excluding carboxylic acids is 5. The molecular formula is C33H36ClN5O7. The van der Waals surface area contributed by atoms with Crippen molar-refractivity contribution < 1.29 is 33.5 Å². The molecule has 4 atom stereocenters. The number of Topliss-reactive ketones (excluding diaryl/α,β-unsaturated/α-hetero) is 1. The summed E-state index contributed by atoms with van der Waals surface area (Å²) in [5.41, 5.74) is 4.03. The Bertz CT molecular complexity index is 1560. The van der Waals surface area contributed by atoms with E-state index in [-0.39, 0.29) is 38.6 Å². The van der Waals surface area contributed by atoms with Gasteiger partial charge in [0.05, 0.1) is 24.3 Å². The molecule has 3 heterocycles. The molecule has 1 saturated carbocycles. The topological polar surface area (TPSA) is 146 Å². The number of halogens is 1. The van der Waals surface area contributed by atoms with E-state index in [1.54, 1.807) is 18.2 Å². The highest BCUT2D eigenvalue weighted by atomic mass is 35.5. The number of amides is 4. The number of rotatable bonds is 11. The molecule has 0 radical (unpaired) electrons. The number of cyclic esters (lactones) is 1. The number of ketones is 1. The Hall–Kier alpha value is -4.42. The number of hydrogen-bond acceptors (Lipinski definition) is 8. The van der Waals surface area contributed by atoms with Crippen molar-refractivity contribution in [3.8, 4) is 0 Å². The predicted molar refractivity (Wildman–Crippen MR) is 167 cm³/mol. The Kier molecular flexibility index (Phi) is 9.01. The van der Waals surface area contributed by atoms with Crippen molar-refractivity contribution in [3.63, 3.8) is 0 Å². The molecule has 13 heteroatoms. The highest BCUT2D eigenvalue weighted by Crippen LogP contribution is 2.38. The average Bonchev–Trinajstić information content (AvgIpc) is 3.47. The molecule has 12 nitrogen and oxygen atoms in total. The Labute approximate surface area is 271 Å². The number of nitrogens with zero attached hydrogens (tertiary/aromatic N) is 2. The zero-order valence-corrected chi connectivity index (χ0v) is 26.1. The third kappa shape index (κ3) is 6.73. The fourth-order valence-corrected chi connectivity index (χ4v) is 6.32. The van der Waals surface area contributed by atoms with Gasteiger partial charge in [0.2, 0.25) is 17.6 Å². The van der Waals surface area contributed by atoms with Gasteiger partial charge in [-0.05, 0) is 43.0 Å². The zero-order chi connectivity index (χ0) is 32.4. The van der Waals surface area contributed by atoms with Gasteiger partial charge in [0.25, 0.3) is 5.91 Å². The van der Waals surface area contributed by atoms with E-state index in [4.69, 9.17) is 21.2 Å². The Balaban J connectivity index is 1.25. The van der Waals surface area contributed by atoms with Gasteiger partial charge in [-0.15, -0.1) is 0 Å². The number of ether oxygens (including phenoxy) is 1. The van der Waals surface area contributed by atoms with Crippen LogP contribution >= 0.6 is 11.6 Å². The lowest BCUT2D eigenvalue weighted by Gasteiger charge is -2.28. The quantitative estimate of drug-likeness (QED) is 0.315. The summed E-state index contributed by atoms with van der Waals surface area (Å²) < 4.78 is 5.30. The van der Waals surface area contributed by atoms with E-state index in [0.717, 1.165) is 24.0 Å². The first-order valence-electron chi connectivity index (χ1n) is 15.5. The van der Waals surface area contributed by atoms with Crippen LogP contribution in [0, 0.1) is 0 Å². The Morgan fingerprint density at radius 3 is 2.61 bits per heavy atom. The lowest BCUT2D eigenvalue weighted by Crippen LogP contribution is -2.54. The molecule has 242 valence electrons. The van der Waals surface area contributed by atoms with Gasteiger partial charge in [-0.25, -0.2) is 4.79 Å². The summed E-state index contributed by atoms with van der Waals surface area (Å²) in [6, 6.07) is 13.8. The summed E-state index contributed by atoms with van der Waals surface area (Å²) in [5, 5.41) is 5.97. The molecule has 6 rings (SSSR count). The molecule has 1 spiro atoms. The molecule has 4 amide bonds. The van der Waals surface area contributed by atoms with Gasteiger partial charge in [-0.1, -0.05) is 67.4 Å². The van der Waals surface area contributed by atoms with Crippen LogP contribution in [0.2, 0.25) is 5.02 Å². The van der Waals surface area contributed by atoms with Crippen molar-refractivity contribution in [1.29, 1.82) is 0 Å². The summed E-state index contributed by atoms with van der Waals surface area (Å²) in [4.78, 5) is 75.1. The van der Waals surface area contributed by atoms with Crippen LogP contribution in [-0.2, 0) is 28.8 Å². The van der Waals surface area contributed by atoms with Gasteiger partial charge in [0.1, 0.15) is 24.8 Å². The van der Waals surface area contributed by atoms with Crippen LogP contribution in [0.15, 0.2) is 60.7 Å². The van der Waals surface area contributed by atoms with Crippen molar-refractivity contribution in [2.24, 2.45) is 0 Å². The first-order valence-corrected chi connectivity index (χ1v) is 15.9. The molecular weight excluding hydrogens is 614 g/mol. The predicted octanol–water partition coefficient (Wildman–Crippen LogP) is 2.88. The number of carbonyl (C=O) groups is 5. The SMILES string of the molecule is CCC[C@H](NC(=O)[C@@H]1C[C@]2(C=C(c3cccc(Cl)c3)NO2)CN1C(=O)CN1C(=O)OC[C@@H]1c1ccccc1)C(=O)C(=O)NC1CC1. The monoisotopic (exact) mass is 649 g/mol. The molecule has 2 aromatic carbocycles. The molecule has 4 aliphatic rings. The smallest absolute Gasteiger partial charge is 0.410 e. The minimum absolute atomic E-state index is 0.00552. The van der Waals surface area contributed by atoms with Crippen molar-refractivity contribution >= 4 is 46.9 Å². The van der Waals surface area contributed by atoms with Crippen molar-refractivity contribution in [1.82, 2.24) is 25.9 Å². The zero-order valence-electron chi connectivity index (χ0n) is 25.4. The minimum Gasteiger partial charge on any atom is -0.447 e. The summed E-state index contributed by atoms with van der Waals surface area (Å²) in [7, 11) is 0. The molecule has 0 aromatic heterocycles. The van der Waals surface area contributed by atoms with Crippen LogP contribution in [0.25, 0.3) is 5.70 Å². The number of likely N-dealkylation sites (tertiary alicyclic amines) is 1. The van der Waals surface area contributed by atoms with Crippen molar-refractivity contribution in [2.75, 3.05) is 19.7 Å². The summed E-state index contributed by atoms with van der Waals surface area (Å²) in [5.74, 6) is -2.53. The Morgan fingerprint density at radius 1 is 1.11 bits per heavy atom. The van der Waals surface area contributed by atoms with Crippen LogP contribution < -0.4 is 16.1 Å². The standard InChI is InChI=1S/C33H36ClN5O7/c1-2-7-24(29(41)31(43)35-23-12-13-23)36-30(42)26-16-33(15-25(37-46-33)21-10-6-11-22(34)14-21)19-39(26)28(40)17-38-27(18-45-32(38)44)20-8-4-3-5-9-20/h3-6,8-11,14-15,23-24,26-27,37H,2,7,12-13,16-19H2,1H3,(H,35,43)(H,36,42)/t24-,26-,27+,33+/m0/s1. The second-order valence-corrected chi connectivity index (χ2v) is 12.6. The van der Waals surface area contributed by atoms with Crippen LogP contribution in [-0.4, -0.2) is 82.8 Å². The molecule has 0 bridgehead atoms. The largest absolute Gasteiger partial charge is 0.447 e. The van der Waals surface area contributed by atoms with E-state index in [1.165, 1.54) is 9.80 Å². The fourth-order valence-electron chi connectivity index (χ4n) is 6.13. The van der Waals surface area contributed by atoms with E-state index in [1.807, 2.05) is 49.4 Å². The van der Waals surface area contributed by atoms with Gasteiger partial charge in [0, 0.05) is 23.0 Å². The second-order valence-electron chi connectivity index (χ2n) is 12.2. The van der Waals surface area contributed by atoms with E-state index in [0.29, 0.717) is 17.1 Å². The molecule has 2 aromatic rings. The van der Waals surface area contributed by atoms with Gasteiger partial charge in [0.15, 0.2) is 0 Å². The fraction of sp³-hybridized carbons (Fsp3) is 0.424. The lowest BCUT2D eigenvalue weighted by atomic mass is 9.97. The molecule has 2 saturated heterocycles. The number of hydrogen-bond donors (Lipinski definition) is 3. The molecule has 46 heavy (non-hydrogen) atoms. The number of nitrogens with one attached hydrogen (secondary N) is 3. The molecule has 3 fully saturated rings. The first kappa shape index (κ1) is 31.6. The third-order valence-electron chi connectivity index (χ3n) is 8.70. The maximum atomic E-state index is 14.0. The number of hydroxylamine groups is 1. The third-order valence-corrected chi connectivity index (χ3v) is 8.93. The average molecular weight is 650 g/mol. The molecule has 1 aliphatic carbocycles. The molecule has 3 N–H and O–H groups in total. The van der Waals surface area contributed by atoms with E-state index < -0.39 is 53.3 Å². The number of benzene rings is 2. The minimum atomic E-state index is -1.09. The van der Waals surface area contributed by atoms with Gasteiger partial charge >= 0.3 is 6.09 Å². The lowest BCUT2D eigenvalue weighted by molar-refractivity contribution is -0.142. The summed E-state index contributed by atoms with van der Waals surface area (Å²) >= 11 is 6.21. The molecule has 3 aliphatic heterocycles. The maximum Gasteiger partial charge on any atom is 0.410 e.